The number of carboxylic acids is 1. The van der Waals surface area contributed by atoms with Crippen molar-refractivity contribution in [2.45, 2.75) is 104 Å². The van der Waals surface area contributed by atoms with Gasteiger partial charge in [0, 0.05) is 83.4 Å². The molecule has 1 aliphatic rings. The Hall–Kier alpha value is -7.10. The van der Waals surface area contributed by atoms with Gasteiger partial charge >= 0.3 is 18.0 Å². The van der Waals surface area contributed by atoms with Crippen LogP contribution in [0.1, 0.15) is 89.1 Å². The summed E-state index contributed by atoms with van der Waals surface area (Å²) in [4.78, 5) is 120. The quantitative estimate of drug-likeness (QED) is 0.0705. The van der Waals surface area contributed by atoms with Gasteiger partial charge in [0.1, 0.15) is 36.1 Å². The number of carbonyl (C=O) groups is 8. The SMILES string of the molecule is CCn1cc(C(=O)O)c(=O)c2cc(F)c(N3CCN(C(=O)OCc4ccc(NC(=O)C(CCN)NC(=O)C(NC(=O)[C@H](CCC(=O)OCC(C)C)NC(=O)CCCC(=O)N(C)C)C(C)C)cc4)CC3)cc21. The molecule has 4 rings (SSSR count). The monoisotopic (exact) mass is 993 g/mol. The van der Waals surface area contributed by atoms with Crippen molar-refractivity contribution in [1.82, 2.24) is 30.3 Å². The van der Waals surface area contributed by atoms with Gasteiger partial charge in [-0.1, -0.05) is 39.8 Å². The van der Waals surface area contributed by atoms with Gasteiger partial charge in [-0.15, -0.1) is 0 Å². The highest BCUT2D eigenvalue weighted by Gasteiger charge is 2.32. The van der Waals surface area contributed by atoms with Crippen LogP contribution in [0.4, 0.5) is 20.6 Å². The number of nitrogens with two attached hydrogens (primary N) is 1. The number of esters is 1. The lowest BCUT2D eigenvalue weighted by atomic mass is 10.0. The number of fused-ring (bicyclic) bond motifs is 1. The van der Waals surface area contributed by atoms with Crippen molar-refractivity contribution < 1.29 is 57.3 Å². The maximum absolute atomic E-state index is 15.4. The number of rotatable bonds is 24. The molecule has 388 valence electrons. The molecule has 2 unspecified atom stereocenters. The highest BCUT2D eigenvalue weighted by Crippen LogP contribution is 2.27. The summed E-state index contributed by atoms with van der Waals surface area (Å²) in [5, 5.41) is 20.1. The van der Waals surface area contributed by atoms with Gasteiger partial charge in [-0.2, -0.15) is 0 Å². The number of aromatic carboxylic acids is 1. The molecule has 21 nitrogen and oxygen atoms in total. The number of nitrogens with one attached hydrogen (secondary N) is 4. The fourth-order valence-electron chi connectivity index (χ4n) is 7.57. The molecule has 1 aliphatic heterocycles. The standard InChI is InChI=1S/C49H68FN9O12/c1-8-57-26-34(48(67)68)44(63)33-24-35(50)39(25-38(33)57)58-20-22-59(23-21-58)49(69)71-28-31-12-14-32(15-13-31)52-45(64)37(18-19-51)54-47(66)43(30(4)5)55-46(65)36(16-17-42(62)70-27-29(2)3)53-40(60)10-9-11-41(61)56(6)7/h12-15,24-26,29-30,36-37,43H,8-11,16-23,27-28,51H2,1-7H3,(H,52,64)(H,53,60)(H,54,66)(H,55,65)(H,67,68)/t36-,37?,43?/m0/s1. The van der Waals surface area contributed by atoms with E-state index in [0.717, 1.165) is 6.07 Å². The van der Waals surface area contributed by atoms with Crippen LogP contribution in [0, 0.1) is 17.7 Å². The molecule has 0 saturated carbocycles. The van der Waals surface area contributed by atoms with Crippen molar-refractivity contribution >= 4 is 69.8 Å². The van der Waals surface area contributed by atoms with Crippen molar-refractivity contribution in [3.63, 3.8) is 0 Å². The number of carboxylic acid groups (broad SMARTS) is 1. The summed E-state index contributed by atoms with van der Waals surface area (Å²) in [6.07, 6.45) is 0.657. The normalized spacial score (nSPS) is 13.8. The Morgan fingerprint density at radius 1 is 0.831 bits per heavy atom. The smallest absolute Gasteiger partial charge is 0.410 e. The lowest BCUT2D eigenvalue weighted by Gasteiger charge is -2.35. The van der Waals surface area contributed by atoms with Crippen molar-refractivity contribution in [2.24, 2.45) is 17.6 Å². The third-order valence-electron chi connectivity index (χ3n) is 11.7. The van der Waals surface area contributed by atoms with Crippen molar-refractivity contribution in [3.8, 4) is 0 Å². The number of aryl methyl sites for hydroxylation is 1. The Labute approximate surface area is 411 Å². The van der Waals surface area contributed by atoms with Crippen LogP contribution in [-0.4, -0.2) is 139 Å². The molecule has 71 heavy (non-hydrogen) atoms. The molecule has 0 bridgehead atoms. The summed E-state index contributed by atoms with van der Waals surface area (Å²) < 4.78 is 27.7. The topological polar surface area (TPSA) is 281 Å². The van der Waals surface area contributed by atoms with Crippen LogP contribution < -0.4 is 37.3 Å². The van der Waals surface area contributed by atoms with E-state index in [4.69, 9.17) is 15.2 Å². The number of pyridine rings is 1. The predicted molar refractivity (Wildman–Crippen MR) is 262 cm³/mol. The molecule has 22 heteroatoms. The summed E-state index contributed by atoms with van der Waals surface area (Å²) >= 11 is 0. The van der Waals surface area contributed by atoms with Crippen LogP contribution in [-0.2, 0) is 51.4 Å². The van der Waals surface area contributed by atoms with E-state index in [0.29, 0.717) is 23.3 Å². The van der Waals surface area contributed by atoms with E-state index in [1.807, 2.05) is 13.8 Å². The zero-order valence-electron chi connectivity index (χ0n) is 41.5. The van der Waals surface area contributed by atoms with E-state index >= 15 is 4.39 Å². The average molecular weight is 994 g/mol. The summed E-state index contributed by atoms with van der Waals surface area (Å²) in [6, 6.07) is 5.52. The maximum Gasteiger partial charge on any atom is 0.410 e. The highest BCUT2D eigenvalue weighted by atomic mass is 19.1. The fourth-order valence-corrected chi connectivity index (χ4v) is 7.57. The van der Waals surface area contributed by atoms with Crippen LogP contribution in [0.2, 0.25) is 0 Å². The van der Waals surface area contributed by atoms with E-state index in [1.165, 1.54) is 22.1 Å². The maximum atomic E-state index is 15.4. The average Bonchev–Trinajstić information content (AvgIpc) is 3.33. The molecule has 2 heterocycles. The Morgan fingerprint density at radius 2 is 1.49 bits per heavy atom. The number of piperazine rings is 1. The summed E-state index contributed by atoms with van der Waals surface area (Å²) in [5.41, 5.74) is 6.18. The molecule has 2 aromatic carbocycles. The number of aromatic nitrogens is 1. The molecule has 3 aromatic rings. The molecule has 1 saturated heterocycles. The first kappa shape index (κ1) is 56.5. The van der Waals surface area contributed by atoms with Gasteiger partial charge in [0.05, 0.1) is 17.8 Å². The lowest BCUT2D eigenvalue weighted by Crippen LogP contribution is -2.58. The molecule has 0 aliphatic carbocycles. The van der Waals surface area contributed by atoms with Crippen LogP contribution in [0.15, 0.2) is 47.4 Å². The molecular formula is C49H68FN9O12. The van der Waals surface area contributed by atoms with Gasteiger partial charge in [0.15, 0.2) is 0 Å². The summed E-state index contributed by atoms with van der Waals surface area (Å²) in [6.45, 7) is 10.3. The Kier molecular flexibility index (Phi) is 21.3. The second kappa shape index (κ2) is 26.8. The zero-order valence-corrected chi connectivity index (χ0v) is 41.5. The van der Waals surface area contributed by atoms with Gasteiger partial charge in [-0.05, 0) is 74.4 Å². The van der Waals surface area contributed by atoms with E-state index < -0.39 is 82.5 Å². The first-order valence-corrected chi connectivity index (χ1v) is 23.8. The number of anilines is 2. The fraction of sp³-hybridized carbons (Fsp3) is 0.531. The molecule has 1 fully saturated rings. The van der Waals surface area contributed by atoms with Gasteiger partial charge in [-0.25, -0.2) is 14.0 Å². The highest BCUT2D eigenvalue weighted by molar-refractivity contribution is 5.99. The number of nitrogens with zero attached hydrogens (tertiary/aromatic N) is 4. The molecule has 0 spiro atoms. The second-order valence-corrected chi connectivity index (χ2v) is 18.2. The van der Waals surface area contributed by atoms with Gasteiger partial charge in [-0.3, -0.25) is 33.6 Å². The Morgan fingerprint density at radius 3 is 2.08 bits per heavy atom. The van der Waals surface area contributed by atoms with Gasteiger partial charge < -0.3 is 60.8 Å². The Bertz CT molecular complexity index is 2450. The van der Waals surface area contributed by atoms with Crippen molar-refractivity contribution in [2.75, 3.05) is 63.6 Å². The predicted octanol–water partition coefficient (Wildman–Crippen LogP) is 2.95. The summed E-state index contributed by atoms with van der Waals surface area (Å²) in [5.74, 6) is -5.76. The number of hydrogen-bond donors (Lipinski definition) is 6. The van der Waals surface area contributed by atoms with Gasteiger partial charge in [0.25, 0.3) is 0 Å². The van der Waals surface area contributed by atoms with E-state index in [2.05, 4.69) is 21.3 Å². The minimum atomic E-state index is -1.40. The Balaban J connectivity index is 1.32. The third kappa shape index (κ3) is 16.5. The summed E-state index contributed by atoms with van der Waals surface area (Å²) in [7, 11) is 3.20. The van der Waals surface area contributed by atoms with E-state index in [9.17, 15) is 48.3 Å². The first-order chi connectivity index (χ1) is 33.6. The number of amides is 6. The number of benzene rings is 2. The van der Waals surface area contributed by atoms with Crippen LogP contribution >= 0.6 is 0 Å². The van der Waals surface area contributed by atoms with Crippen molar-refractivity contribution in [1.29, 1.82) is 0 Å². The molecule has 3 atom stereocenters. The molecular weight excluding hydrogens is 926 g/mol. The second-order valence-electron chi connectivity index (χ2n) is 18.2. The largest absolute Gasteiger partial charge is 0.477 e. The molecule has 7 N–H and O–H groups in total. The molecule has 0 radical (unpaired) electrons. The molecule has 6 amide bonds. The number of halogens is 1. The number of ether oxygens (including phenoxy) is 2. The minimum Gasteiger partial charge on any atom is -0.477 e. The lowest BCUT2D eigenvalue weighted by molar-refractivity contribution is -0.145. The zero-order chi connectivity index (χ0) is 52.5. The number of carbonyl (C=O) groups excluding carboxylic acids is 7. The van der Waals surface area contributed by atoms with E-state index in [1.54, 1.807) is 68.6 Å². The van der Waals surface area contributed by atoms with Crippen LogP contribution in [0.3, 0.4) is 0 Å². The first-order valence-electron chi connectivity index (χ1n) is 23.8. The number of hydrogen-bond acceptors (Lipinski definition) is 13. The van der Waals surface area contributed by atoms with Crippen LogP contribution in [0.5, 0.6) is 0 Å². The molecule has 1 aromatic heterocycles. The van der Waals surface area contributed by atoms with Crippen molar-refractivity contribution in [3.05, 3.63) is 69.8 Å². The van der Waals surface area contributed by atoms with Gasteiger partial charge in [0.2, 0.25) is 35.0 Å². The third-order valence-corrected chi connectivity index (χ3v) is 11.7. The minimum absolute atomic E-state index is 0.0249. The van der Waals surface area contributed by atoms with E-state index in [-0.39, 0.29) is 107 Å². The van der Waals surface area contributed by atoms with Crippen LogP contribution in [0.25, 0.3) is 10.9 Å².